The lowest BCUT2D eigenvalue weighted by atomic mass is 10.0. The number of carbonyl (C=O) groups is 2. The molecule has 0 saturated carbocycles. The number of carbonyl (C=O) groups excluding carboxylic acids is 1. The summed E-state index contributed by atoms with van der Waals surface area (Å²) in [4.78, 5) is 36.6. The first-order valence-electron chi connectivity index (χ1n) is 8.60. The molecule has 1 aliphatic rings. The number of hydrazone groups is 1. The van der Waals surface area contributed by atoms with Gasteiger partial charge in [-0.2, -0.15) is 10.1 Å². The highest BCUT2D eigenvalue weighted by atomic mass is 16.6. The Morgan fingerprint density at radius 1 is 1.24 bits per heavy atom. The number of hydrogen-bond acceptors (Lipinski definition) is 6. The number of non-ortho nitro benzene ring substituents is 1. The molecular weight excluding hydrogens is 376 g/mol. The molecule has 29 heavy (non-hydrogen) atoms. The Bertz CT molecular complexity index is 1090. The van der Waals surface area contributed by atoms with Crippen molar-refractivity contribution in [3.05, 3.63) is 69.3 Å². The van der Waals surface area contributed by atoms with Gasteiger partial charge in [0.05, 0.1) is 27.5 Å². The molecule has 148 valence electrons. The van der Waals surface area contributed by atoms with Crippen molar-refractivity contribution in [2.75, 3.05) is 24.0 Å². The zero-order valence-electron chi connectivity index (χ0n) is 16.0. The van der Waals surface area contributed by atoms with E-state index in [1.54, 1.807) is 44.1 Å². The number of benzene rings is 2. The molecule has 1 aliphatic heterocycles. The lowest BCUT2D eigenvalue weighted by molar-refractivity contribution is -0.384. The fourth-order valence-electron chi connectivity index (χ4n) is 2.96. The zero-order chi connectivity index (χ0) is 21.3. The number of amides is 1. The van der Waals surface area contributed by atoms with Crippen molar-refractivity contribution in [2.45, 2.75) is 6.92 Å². The fraction of sp³-hybridized carbons (Fsp3) is 0.150. The Labute approximate surface area is 166 Å². The highest BCUT2D eigenvalue weighted by molar-refractivity contribution is 6.32. The first-order valence-corrected chi connectivity index (χ1v) is 8.60. The van der Waals surface area contributed by atoms with Crippen LogP contribution in [-0.4, -0.2) is 41.7 Å². The van der Waals surface area contributed by atoms with Crippen LogP contribution >= 0.6 is 0 Å². The topological polar surface area (TPSA) is 116 Å². The molecule has 0 saturated heterocycles. The second-order valence-electron chi connectivity index (χ2n) is 6.61. The van der Waals surface area contributed by atoms with Gasteiger partial charge < -0.3 is 10.0 Å². The van der Waals surface area contributed by atoms with Gasteiger partial charge in [0.25, 0.3) is 11.6 Å². The van der Waals surface area contributed by atoms with Gasteiger partial charge in [-0.3, -0.25) is 14.9 Å². The Kier molecular flexibility index (Phi) is 5.14. The Morgan fingerprint density at radius 2 is 1.97 bits per heavy atom. The van der Waals surface area contributed by atoms with Gasteiger partial charge in [-0.15, -0.1) is 0 Å². The monoisotopic (exact) mass is 394 g/mol. The summed E-state index contributed by atoms with van der Waals surface area (Å²) in [5.74, 6) is -1.55. The zero-order valence-corrected chi connectivity index (χ0v) is 16.0. The summed E-state index contributed by atoms with van der Waals surface area (Å²) < 4.78 is 0. The van der Waals surface area contributed by atoms with E-state index in [4.69, 9.17) is 5.11 Å². The molecule has 3 rings (SSSR count). The summed E-state index contributed by atoms with van der Waals surface area (Å²) in [5, 5.41) is 25.7. The van der Waals surface area contributed by atoms with Crippen LogP contribution in [0.2, 0.25) is 0 Å². The van der Waals surface area contributed by atoms with E-state index in [1.807, 2.05) is 0 Å². The first-order chi connectivity index (χ1) is 13.7. The molecule has 2 aromatic carbocycles. The third kappa shape index (κ3) is 3.84. The lowest BCUT2D eigenvalue weighted by Crippen LogP contribution is -2.21. The van der Waals surface area contributed by atoms with E-state index in [0.29, 0.717) is 22.6 Å². The van der Waals surface area contributed by atoms with Gasteiger partial charge >= 0.3 is 5.97 Å². The number of anilines is 2. The molecule has 9 nitrogen and oxygen atoms in total. The lowest BCUT2D eigenvalue weighted by Gasteiger charge is -2.16. The molecule has 0 radical (unpaired) electrons. The summed E-state index contributed by atoms with van der Waals surface area (Å²) in [7, 11) is 3.59. The molecule has 0 unspecified atom stereocenters. The largest absolute Gasteiger partial charge is 0.478 e. The van der Waals surface area contributed by atoms with Crippen LogP contribution in [0.15, 0.2) is 53.1 Å². The van der Waals surface area contributed by atoms with Crippen LogP contribution in [0, 0.1) is 10.1 Å². The van der Waals surface area contributed by atoms with Crippen LogP contribution in [0.3, 0.4) is 0 Å². The molecule has 0 fully saturated rings. The second kappa shape index (κ2) is 7.55. The summed E-state index contributed by atoms with van der Waals surface area (Å²) in [6.07, 6.45) is 1.56. The molecule has 0 bridgehead atoms. The number of nitro groups is 1. The van der Waals surface area contributed by atoms with Crippen LogP contribution in [-0.2, 0) is 4.79 Å². The Morgan fingerprint density at radius 3 is 2.59 bits per heavy atom. The maximum atomic E-state index is 12.9. The number of hydrogen-bond donors (Lipinski definition) is 1. The standard InChI is InChI=1S/C20H18N4O5/c1-12-17(11-14-10-16(24(28)29)7-8-18(14)22(2)3)19(25)23(21-12)15-6-4-5-13(9-15)20(26)27/h4-11H,1-3H3,(H,26,27). The second-order valence-corrected chi connectivity index (χ2v) is 6.61. The molecule has 1 amide bonds. The summed E-state index contributed by atoms with van der Waals surface area (Å²) in [6.45, 7) is 1.65. The number of nitrogens with zero attached hydrogens (tertiary/aromatic N) is 4. The van der Waals surface area contributed by atoms with Gasteiger partial charge in [0.1, 0.15) is 0 Å². The van der Waals surface area contributed by atoms with E-state index < -0.39 is 16.8 Å². The third-order valence-electron chi connectivity index (χ3n) is 4.40. The van der Waals surface area contributed by atoms with Gasteiger partial charge in [-0.25, -0.2) is 4.79 Å². The normalized spacial score (nSPS) is 14.9. The fourth-order valence-corrected chi connectivity index (χ4v) is 2.96. The average Bonchev–Trinajstić information content (AvgIpc) is 2.96. The number of carboxylic acids is 1. The van der Waals surface area contributed by atoms with Gasteiger partial charge in [0.2, 0.25) is 0 Å². The van der Waals surface area contributed by atoms with Crippen LogP contribution in [0.1, 0.15) is 22.8 Å². The predicted octanol–water partition coefficient (Wildman–Crippen LogP) is 3.17. The van der Waals surface area contributed by atoms with Crippen LogP contribution in [0.4, 0.5) is 17.1 Å². The average molecular weight is 394 g/mol. The van der Waals surface area contributed by atoms with Crippen molar-refractivity contribution >= 4 is 40.7 Å². The van der Waals surface area contributed by atoms with Crippen LogP contribution < -0.4 is 9.91 Å². The summed E-state index contributed by atoms with van der Waals surface area (Å²) in [5.41, 5.74) is 2.17. The number of aromatic carboxylic acids is 1. The highest BCUT2D eigenvalue weighted by Gasteiger charge is 2.29. The summed E-state index contributed by atoms with van der Waals surface area (Å²) >= 11 is 0. The minimum atomic E-state index is -1.11. The number of rotatable bonds is 5. The van der Waals surface area contributed by atoms with Crippen LogP contribution in [0.25, 0.3) is 6.08 Å². The van der Waals surface area contributed by atoms with Crippen molar-refractivity contribution in [3.8, 4) is 0 Å². The van der Waals surface area contributed by atoms with E-state index in [1.165, 1.54) is 30.3 Å². The Balaban J connectivity index is 2.04. The SMILES string of the molecule is CC1=NN(c2cccc(C(=O)O)c2)C(=O)C1=Cc1cc([N+](=O)[O-])ccc1N(C)C. The van der Waals surface area contributed by atoms with Gasteiger partial charge in [0, 0.05) is 37.5 Å². The highest BCUT2D eigenvalue weighted by Crippen LogP contribution is 2.30. The van der Waals surface area contributed by atoms with Gasteiger partial charge in [0.15, 0.2) is 0 Å². The molecule has 0 spiro atoms. The Hall–Kier alpha value is -4.01. The van der Waals surface area contributed by atoms with Crippen molar-refractivity contribution in [2.24, 2.45) is 5.10 Å². The predicted molar refractivity (Wildman–Crippen MR) is 109 cm³/mol. The molecule has 1 N–H and O–H groups in total. The van der Waals surface area contributed by atoms with Crippen molar-refractivity contribution in [3.63, 3.8) is 0 Å². The van der Waals surface area contributed by atoms with Gasteiger partial charge in [-0.1, -0.05) is 6.07 Å². The smallest absolute Gasteiger partial charge is 0.335 e. The molecule has 1 heterocycles. The summed E-state index contributed by atoms with van der Waals surface area (Å²) in [6, 6.07) is 10.3. The van der Waals surface area contributed by atoms with Crippen molar-refractivity contribution < 1.29 is 19.6 Å². The van der Waals surface area contributed by atoms with E-state index in [-0.39, 0.29) is 16.8 Å². The maximum Gasteiger partial charge on any atom is 0.335 e. The molecule has 9 heteroatoms. The number of carboxylic acid groups (broad SMARTS) is 1. The maximum absolute atomic E-state index is 12.9. The van der Waals surface area contributed by atoms with Gasteiger partial charge in [-0.05, 0) is 37.3 Å². The molecule has 2 aromatic rings. The molecule has 0 atom stereocenters. The van der Waals surface area contributed by atoms with E-state index in [0.717, 1.165) is 5.01 Å². The minimum Gasteiger partial charge on any atom is -0.478 e. The van der Waals surface area contributed by atoms with E-state index in [9.17, 15) is 19.7 Å². The molecular formula is C20H18N4O5. The van der Waals surface area contributed by atoms with Crippen molar-refractivity contribution in [1.82, 2.24) is 0 Å². The van der Waals surface area contributed by atoms with Crippen molar-refractivity contribution in [1.29, 1.82) is 0 Å². The van der Waals surface area contributed by atoms with E-state index in [2.05, 4.69) is 5.10 Å². The number of nitro benzene ring substituents is 1. The molecule has 0 aromatic heterocycles. The van der Waals surface area contributed by atoms with Crippen LogP contribution in [0.5, 0.6) is 0 Å². The van der Waals surface area contributed by atoms with E-state index >= 15 is 0 Å². The molecule has 0 aliphatic carbocycles. The minimum absolute atomic E-state index is 0.0363. The third-order valence-corrected chi connectivity index (χ3v) is 4.40. The quantitative estimate of drug-likeness (QED) is 0.473. The first kappa shape index (κ1) is 19.7.